The van der Waals surface area contributed by atoms with Crippen LogP contribution in [0.15, 0.2) is 0 Å². The molecule has 0 radical (unpaired) electrons. The highest BCUT2D eigenvalue weighted by molar-refractivity contribution is 5.95. The van der Waals surface area contributed by atoms with Gasteiger partial charge >= 0.3 is 11.9 Å². The van der Waals surface area contributed by atoms with Gasteiger partial charge in [-0.3, -0.25) is 19.2 Å². The first-order valence-electron chi connectivity index (χ1n) is 8.99. The van der Waals surface area contributed by atoms with Gasteiger partial charge in [0.25, 0.3) is 0 Å². The molecule has 28 heavy (non-hydrogen) atoms. The molecule has 11 heteroatoms. The number of hydrogen-bond acceptors (Lipinski definition) is 6. The number of aliphatic carboxylic acids is 2. The number of nitrogens with one attached hydrogen (secondary N) is 3. The van der Waals surface area contributed by atoms with Crippen LogP contribution in [0.4, 0.5) is 0 Å². The third-order valence-electron chi connectivity index (χ3n) is 4.24. The third kappa shape index (κ3) is 8.33. The van der Waals surface area contributed by atoms with Crippen molar-refractivity contribution < 1.29 is 34.2 Å². The first kappa shape index (κ1) is 25.3. The van der Waals surface area contributed by atoms with E-state index < -0.39 is 60.1 Å². The molecule has 0 aromatic heterocycles. The first-order valence-corrected chi connectivity index (χ1v) is 8.99. The molecule has 0 bridgehead atoms. The molecule has 0 rings (SSSR count). The summed E-state index contributed by atoms with van der Waals surface area (Å²) in [6.07, 6.45) is -0.284. The SMILES string of the molecule is CCC(C)C(NC(=O)C(CC(=O)O)NC(=O)C(NC(=O)CN)C(C)C)C(=O)O. The lowest BCUT2D eigenvalue weighted by Crippen LogP contribution is -2.58. The number of carboxylic acids is 2. The Bertz CT molecular complexity index is 594. The maximum absolute atomic E-state index is 12.5. The van der Waals surface area contributed by atoms with E-state index in [4.69, 9.17) is 10.8 Å². The second-order valence-electron chi connectivity index (χ2n) is 6.86. The number of carboxylic acid groups (broad SMARTS) is 2. The van der Waals surface area contributed by atoms with Crippen LogP contribution < -0.4 is 21.7 Å². The van der Waals surface area contributed by atoms with Gasteiger partial charge in [0.15, 0.2) is 0 Å². The van der Waals surface area contributed by atoms with E-state index in [0.29, 0.717) is 6.42 Å². The van der Waals surface area contributed by atoms with Gasteiger partial charge in [-0.25, -0.2) is 4.79 Å². The Hall–Kier alpha value is -2.69. The van der Waals surface area contributed by atoms with Gasteiger partial charge in [0.1, 0.15) is 18.1 Å². The zero-order valence-corrected chi connectivity index (χ0v) is 16.5. The van der Waals surface area contributed by atoms with Crippen LogP contribution >= 0.6 is 0 Å². The van der Waals surface area contributed by atoms with E-state index in [1.807, 2.05) is 0 Å². The topological polar surface area (TPSA) is 188 Å². The van der Waals surface area contributed by atoms with Crippen molar-refractivity contribution in [1.29, 1.82) is 0 Å². The molecule has 0 aromatic carbocycles. The molecule has 0 aliphatic rings. The van der Waals surface area contributed by atoms with E-state index in [1.54, 1.807) is 27.7 Å². The van der Waals surface area contributed by atoms with E-state index in [-0.39, 0.29) is 12.5 Å². The zero-order chi connectivity index (χ0) is 22.0. The van der Waals surface area contributed by atoms with Crippen LogP contribution in [-0.2, 0) is 24.0 Å². The molecular formula is C17H30N4O7. The largest absolute Gasteiger partial charge is 0.481 e. The summed E-state index contributed by atoms with van der Waals surface area (Å²) in [5.41, 5.74) is 5.22. The lowest BCUT2D eigenvalue weighted by atomic mass is 9.98. The van der Waals surface area contributed by atoms with Crippen LogP contribution in [-0.4, -0.2) is 64.5 Å². The minimum absolute atomic E-state index is 0.343. The fourth-order valence-corrected chi connectivity index (χ4v) is 2.35. The number of carbonyl (C=O) groups excluding carboxylic acids is 3. The fourth-order valence-electron chi connectivity index (χ4n) is 2.35. The summed E-state index contributed by atoms with van der Waals surface area (Å²) in [5.74, 6) is -5.69. The van der Waals surface area contributed by atoms with Crippen LogP contribution in [0.25, 0.3) is 0 Å². The Morgan fingerprint density at radius 1 is 0.893 bits per heavy atom. The number of amides is 3. The smallest absolute Gasteiger partial charge is 0.326 e. The monoisotopic (exact) mass is 402 g/mol. The lowest BCUT2D eigenvalue weighted by molar-refractivity contribution is -0.144. The average molecular weight is 402 g/mol. The van der Waals surface area contributed by atoms with Gasteiger partial charge in [-0.1, -0.05) is 34.1 Å². The summed E-state index contributed by atoms with van der Waals surface area (Å²) in [5, 5.41) is 25.3. The fraction of sp³-hybridized carbons (Fsp3) is 0.706. The predicted octanol–water partition coefficient (Wildman–Crippen LogP) is -1.34. The standard InChI is InChI=1S/C17H30N4O7/c1-5-9(4)14(17(27)28)21-15(25)10(6-12(23)24)19-16(26)13(8(2)3)20-11(22)7-18/h8-10,13-14H,5-7,18H2,1-4H3,(H,19,26)(H,20,22)(H,21,25)(H,23,24)(H,27,28). The lowest BCUT2D eigenvalue weighted by Gasteiger charge is -2.26. The molecule has 4 atom stereocenters. The maximum atomic E-state index is 12.5. The molecule has 0 heterocycles. The molecule has 0 fully saturated rings. The molecule has 0 aromatic rings. The van der Waals surface area contributed by atoms with Crippen LogP contribution in [0.2, 0.25) is 0 Å². The van der Waals surface area contributed by atoms with Crippen molar-refractivity contribution in [2.75, 3.05) is 6.54 Å². The van der Waals surface area contributed by atoms with E-state index >= 15 is 0 Å². The molecule has 0 aliphatic carbocycles. The van der Waals surface area contributed by atoms with Crippen molar-refractivity contribution in [1.82, 2.24) is 16.0 Å². The molecule has 0 saturated heterocycles. The van der Waals surface area contributed by atoms with Gasteiger partial charge in [-0.05, 0) is 11.8 Å². The van der Waals surface area contributed by atoms with Crippen molar-refractivity contribution >= 4 is 29.7 Å². The Morgan fingerprint density at radius 3 is 1.86 bits per heavy atom. The minimum Gasteiger partial charge on any atom is -0.481 e. The Labute approximate surface area is 163 Å². The van der Waals surface area contributed by atoms with E-state index in [0.717, 1.165) is 0 Å². The number of carbonyl (C=O) groups is 5. The van der Waals surface area contributed by atoms with Gasteiger partial charge in [0.2, 0.25) is 17.7 Å². The normalized spacial score (nSPS) is 15.1. The van der Waals surface area contributed by atoms with Crippen molar-refractivity contribution in [2.24, 2.45) is 17.6 Å². The van der Waals surface area contributed by atoms with Crippen LogP contribution in [0.1, 0.15) is 40.5 Å². The van der Waals surface area contributed by atoms with Crippen molar-refractivity contribution in [2.45, 2.75) is 58.7 Å². The summed E-state index contributed by atoms with van der Waals surface area (Å²) in [6.45, 7) is 6.33. The van der Waals surface area contributed by atoms with Crippen molar-refractivity contribution in [3.05, 3.63) is 0 Å². The highest BCUT2D eigenvalue weighted by atomic mass is 16.4. The molecule has 11 nitrogen and oxygen atoms in total. The van der Waals surface area contributed by atoms with Crippen molar-refractivity contribution in [3.8, 4) is 0 Å². The maximum Gasteiger partial charge on any atom is 0.326 e. The summed E-state index contributed by atoms with van der Waals surface area (Å²) in [7, 11) is 0. The molecule has 0 spiro atoms. The first-order chi connectivity index (χ1) is 12.9. The van der Waals surface area contributed by atoms with Crippen LogP contribution in [0.3, 0.4) is 0 Å². The molecule has 160 valence electrons. The Balaban J connectivity index is 5.41. The molecule has 3 amide bonds. The van der Waals surface area contributed by atoms with Crippen LogP contribution in [0.5, 0.6) is 0 Å². The second-order valence-corrected chi connectivity index (χ2v) is 6.86. The summed E-state index contributed by atoms with van der Waals surface area (Å²) in [6, 6.07) is -3.78. The second kappa shape index (κ2) is 11.9. The van der Waals surface area contributed by atoms with E-state index in [1.165, 1.54) is 0 Å². The van der Waals surface area contributed by atoms with E-state index in [2.05, 4.69) is 16.0 Å². The van der Waals surface area contributed by atoms with Gasteiger partial charge in [-0.2, -0.15) is 0 Å². The van der Waals surface area contributed by atoms with Gasteiger partial charge in [0, 0.05) is 0 Å². The van der Waals surface area contributed by atoms with Gasteiger partial charge in [0.05, 0.1) is 13.0 Å². The predicted molar refractivity (Wildman–Crippen MR) is 99.0 cm³/mol. The zero-order valence-electron chi connectivity index (χ0n) is 16.5. The summed E-state index contributed by atoms with van der Waals surface area (Å²) in [4.78, 5) is 58.9. The minimum atomic E-state index is -1.51. The van der Waals surface area contributed by atoms with Gasteiger partial charge in [-0.15, -0.1) is 0 Å². The van der Waals surface area contributed by atoms with Crippen LogP contribution in [0, 0.1) is 11.8 Å². The molecule has 0 aliphatic heterocycles. The quantitative estimate of drug-likeness (QED) is 0.231. The Morgan fingerprint density at radius 2 is 1.46 bits per heavy atom. The molecule has 0 saturated carbocycles. The summed E-state index contributed by atoms with van der Waals surface area (Å²) >= 11 is 0. The number of hydrogen-bond donors (Lipinski definition) is 6. The van der Waals surface area contributed by atoms with Gasteiger partial charge < -0.3 is 31.9 Å². The van der Waals surface area contributed by atoms with Crippen molar-refractivity contribution in [3.63, 3.8) is 0 Å². The highest BCUT2D eigenvalue weighted by Gasteiger charge is 2.33. The number of nitrogens with two attached hydrogens (primary N) is 1. The highest BCUT2D eigenvalue weighted by Crippen LogP contribution is 2.09. The third-order valence-corrected chi connectivity index (χ3v) is 4.24. The Kier molecular flexibility index (Phi) is 10.8. The summed E-state index contributed by atoms with van der Waals surface area (Å²) < 4.78 is 0. The molecular weight excluding hydrogens is 372 g/mol. The molecule has 7 N–H and O–H groups in total. The molecule has 4 unspecified atom stereocenters. The van der Waals surface area contributed by atoms with E-state index in [9.17, 15) is 29.1 Å². The average Bonchev–Trinajstić information content (AvgIpc) is 2.61. The number of rotatable bonds is 12.